The van der Waals surface area contributed by atoms with Gasteiger partial charge in [0.25, 0.3) is 0 Å². The Balaban J connectivity index is 1.27. The Bertz CT molecular complexity index is 2730. The van der Waals surface area contributed by atoms with E-state index in [0.717, 1.165) is 11.1 Å². The van der Waals surface area contributed by atoms with Crippen molar-refractivity contribution >= 4 is 21.5 Å². The molecule has 2 heteroatoms. The summed E-state index contributed by atoms with van der Waals surface area (Å²) in [4.78, 5) is 8.81. The Morgan fingerprint density at radius 2 is 0.731 bits per heavy atom. The standard InChI is InChI=1S/C50H36N2/c1-33-25-27-51-31-47(33)36-15-19-38(20-16-36)49-43-13-6-7-14-44(43)50(39-21-17-37(18-22-39)48-32-52-28-26-34(48)2)46-30-42(23-24-45(46)49)41-12-8-11-40(29-41)35-9-4-3-5-10-35/h3-32H,1-2H3. The molecule has 0 aliphatic heterocycles. The molecule has 0 N–H and O–H groups in total. The van der Waals surface area contributed by atoms with Crippen LogP contribution in [0.15, 0.2) is 183 Å². The van der Waals surface area contributed by atoms with Crippen LogP contribution in [-0.2, 0) is 0 Å². The Hall–Kier alpha value is -6.64. The van der Waals surface area contributed by atoms with Crippen LogP contribution in [0.4, 0.5) is 0 Å². The van der Waals surface area contributed by atoms with Crippen molar-refractivity contribution in [1.29, 1.82) is 0 Å². The summed E-state index contributed by atoms with van der Waals surface area (Å²) in [5.41, 5.74) is 16.8. The second-order valence-electron chi connectivity index (χ2n) is 13.5. The Morgan fingerprint density at radius 1 is 0.308 bits per heavy atom. The molecule has 0 aliphatic rings. The highest BCUT2D eigenvalue weighted by Crippen LogP contribution is 2.45. The summed E-state index contributed by atoms with van der Waals surface area (Å²) in [5, 5.41) is 4.93. The second kappa shape index (κ2) is 13.2. The number of rotatable bonds is 6. The summed E-state index contributed by atoms with van der Waals surface area (Å²) in [6, 6.07) is 57.6. The SMILES string of the molecule is Cc1ccncc1-c1ccc(-c2c3ccccc3c(-c3ccc(-c4cnccc4C)cc3)c3cc(-c4cccc(-c5ccccc5)c4)ccc23)cc1. The van der Waals surface area contributed by atoms with Gasteiger partial charge in [0.2, 0.25) is 0 Å². The average molecular weight is 665 g/mol. The molecule has 0 unspecified atom stereocenters. The second-order valence-corrected chi connectivity index (χ2v) is 13.5. The van der Waals surface area contributed by atoms with Gasteiger partial charge in [-0.2, -0.15) is 0 Å². The molecular formula is C50H36N2. The minimum atomic E-state index is 1.16. The summed E-state index contributed by atoms with van der Waals surface area (Å²) in [6.45, 7) is 4.28. The Morgan fingerprint density at radius 3 is 1.29 bits per heavy atom. The molecule has 9 rings (SSSR count). The smallest absolute Gasteiger partial charge is 0.0349 e. The van der Waals surface area contributed by atoms with Crippen LogP contribution in [0.3, 0.4) is 0 Å². The summed E-state index contributed by atoms with van der Waals surface area (Å²) < 4.78 is 0. The fraction of sp³-hybridized carbons (Fsp3) is 0.0400. The van der Waals surface area contributed by atoms with Crippen molar-refractivity contribution in [3.8, 4) is 66.8 Å². The van der Waals surface area contributed by atoms with Gasteiger partial charge < -0.3 is 0 Å². The fourth-order valence-corrected chi connectivity index (χ4v) is 7.65. The van der Waals surface area contributed by atoms with E-state index in [2.05, 4.69) is 182 Å². The van der Waals surface area contributed by atoms with Crippen LogP contribution in [0.2, 0.25) is 0 Å². The molecular weight excluding hydrogens is 629 g/mol. The third-order valence-electron chi connectivity index (χ3n) is 10.4. The van der Waals surface area contributed by atoms with Crippen LogP contribution in [0.5, 0.6) is 0 Å². The first-order valence-corrected chi connectivity index (χ1v) is 17.8. The van der Waals surface area contributed by atoms with E-state index in [9.17, 15) is 0 Å². The lowest BCUT2D eigenvalue weighted by Gasteiger charge is -2.19. The Kier molecular flexibility index (Phi) is 7.98. The summed E-state index contributed by atoms with van der Waals surface area (Å²) in [7, 11) is 0. The first-order chi connectivity index (χ1) is 25.6. The van der Waals surface area contributed by atoms with Gasteiger partial charge in [-0.1, -0.05) is 133 Å². The monoisotopic (exact) mass is 664 g/mol. The zero-order chi connectivity index (χ0) is 35.0. The molecule has 0 saturated carbocycles. The van der Waals surface area contributed by atoms with Gasteiger partial charge in [0.15, 0.2) is 0 Å². The van der Waals surface area contributed by atoms with Crippen LogP contribution in [0.1, 0.15) is 11.1 Å². The van der Waals surface area contributed by atoms with E-state index < -0.39 is 0 Å². The molecule has 0 radical (unpaired) electrons. The number of aryl methyl sites for hydroxylation is 2. The lowest BCUT2D eigenvalue weighted by atomic mass is 9.84. The molecule has 0 saturated heterocycles. The maximum absolute atomic E-state index is 4.41. The zero-order valence-corrected chi connectivity index (χ0v) is 29.2. The van der Waals surface area contributed by atoms with E-state index in [1.807, 2.05) is 24.8 Å². The normalized spacial score (nSPS) is 11.3. The van der Waals surface area contributed by atoms with E-state index in [1.54, 1.807) is 0 Å². The maximum atomic E-state index is 4.41. The highest BCUT2D eigenvalue weighted by Gasteiger charge is 2.18. The number of pyridine rings is 2. The molecule has 7 aromatic carbocycles. The average Bonchev–Trinajstić information content (AvgIpc) is 3.21. The topological polar surface area (TPSA) is 25.8 Å². The first-order valence-electron chi connectivity index (χ1n) is 17.8. The molecule has 0 bridgehead atoms. The molecule has 0 amide bonds. The van der Waals surface area contributed by atoms with E-state index in [0.29, 0.717) is 0 Å². The van der Waals surface area contributed by atoms with Crippen LogP contribution in [-0.4, -0.2) is 9.97 Å². The molecule has 0 fully saturated rings. The molecule has 9 aromatic rings. The number of nitrogens with zero attached hydrogens (tertiary/aromatic N) is 2. The van der Waals surface area contributed by atoms with Crippen LogP contribution in [0, 0.1) is 13.8 Å². The van der Waals surface area contributed by atoms with Gasteiger partial charge in [-0.05, 0) is 126 Å². The highest BCUT2D eigenvalue weighted by molar-refractivity contribution is 6.22. The van der Waals surface area contributed by atoms with Crippen LogP contribution < -0.4 is 0 Å². The number of benzene rings is 7. The molecule has 246 valence electrons. The van der Waals surface area contributed by atoms with Crippen LogP contribution in [0.25, 0.3) is 88.3 Å². The highest BCUT2D eigenvalue weighted by atomic mass is 14.6. The van der Waals surface area contributed by atoms with E-state index in [1.165, 1.54) is 88.3 Å². The number of aromatic nitrogens is 2. The molecule has 0 atom stereocenters. The van der Waals surface area contributed by atoms with Gasteiger partial charge in [0.05, 0.1) is 0 Å². The van der Waals surface area contributed by atoms with Gasteiger partial charge in [-0.3, -0.25) is 9.97 Å². The number of fused-ring (bicyclic) bond motifs is 2. The summed E-state index contributed by atoms with van der Waals surface area (Å²) >= 11 is 0. The van der Waals surface area contributed by atoms with Crippen molar-refractivity contribution in [2.75, 3.05) is 0 Å². The van der Waals surface area contributed by atoms with Gasteiger partial charge in [0, 0.05) is 35.9 Å². The van der Waals surface area contributed by atoms with E-state index in [4.69, 9.17) is 0 Å². The maximum Gasteiger partial charge on any atom is 0.0349 e. The van der Waals surface area contributed by atoms with Gasteiger partial charge in [0.1, 0.15) is 0 Å². The van der Waals surface area contributed by atoms with Crippen molar-refractivity contribution in [2.45, 2.75) is 13.8 Å². The van der Waals surface area contributed by atoms with Gasteiger partial charge >= 0.3 is 0 Å². The predicted octanol–water partition coefficient (Wildman–Crippen LogP) is 13.4. The quantitative estimate of drug-likeness (QED) is 0.165. The van der Waals surface area contributed by atoms with Crippen molar-refractivity contribution in [3.63, 3.8) is 0 Å². The third-order valence-corrected chi connectivity index (χ3v) is 10.4. The largest absolute Gasteiger partial charge is 0.264 e. The minimum Gasteiger partial charge on any atom is -0.264 e. The van der Waals surface area contributed by atoms with Crippen molar-refractivity contribution in [3.05, 3.63) is 194 Å². The lowest BCUT2D eigenvalue weighted by molar-refractivity contribution is 1.29. The molecule has 52 heavy (non-hydrogen) atoms. The van der Waals surface area contributed by atoms with Gasteiger partial charge in [-0.15, -0.1) is 0 Å². The first kappa shape index (κ1) is 31.3. The van der Waals surface area contributed by atoms with E-state index in [-0.39, 0.29) is 0 Å². The van der Waals surface area contributed by atoms with Crippen molar-refractivity contribution in [1.82, 2.24) is 9.97 Å². The van der Waals surface area contributed by atoms with Crippen LogP contribution >= 0.6 is 0 Å². The summed E-state index contributed by atoms with van der Waals surface area (Å²) in [6.07, 6.45) is 7.63. The van der Waals surface area contributed by atoms with Crippen molar-refractivity contribution < 1.29 is 0 Å². The molecule has 2 aromatic heterocycles. The van der Waals surface area contributed by atoms with Gasteiger partial charge in [-0.25, -0.2) is 0 Å². The third kappa shape index (κ3) is 5.65. The van der Waals surface area contributed by atoms with E-state index >= 15 is 0 Å². The summed E-state index contributed by atoms with van der Waals surface area (Å²) in [5.74, 6) is 0. The lowest BCUT2D eigenvalue weighted by Crippen LogP contribution is -1.93. The fourth-order valence-electron chi connectivity index (χ4n) is 7.65. The zero-order valence-electron chi connectivity index (χ0n) is 29.2. The van der Waals surface area contributed by atoms with Crippen molar-refractivity contribution in [2.24, 2.45) is 0 Å². The minimum absolute atomic E-state index is 1.16. The molecule has 0 aliphatic carbocycles. The number of hydrogen-bond donors (Lipinski definition) is 0. The molecule has 2 nitrogen and oxygen atoms in total. The Labute approximate surface area is 304 Å². The molecule has 0 spiro atoms. The predicted molar refractivity (Wildman–Crippen MR) is 219 cm³/mol. The molecule has 2 heterocycles. The number of hydrogen-bond acceptors (Lipinski definition) is 2.